The molecule has 0 aromatic rings. The van der Waals surface area contributed by atoms with E-state index in [0.29, 0.717) is 5.76 Å². The fourth-order valence-corrected chi connectivity index (χ4v) is 1.06. The van der Waals surface area contributed by atoms with Crippen LogP contribution in [0.1, 0.15) is 39.0 Å². The average Bonchev–Trinajstić information content (AvgIpc) is 2.13. The lowest BCUT2D eigenvalue weighted by atomic mass is 10.1. The third-order valence-corrected chi connectivity index (χ3v) is 1.82. The van der Waals surface area contributed by atoms with Crippen LogP contribution in [-0.4, -0.2) is 5.11 Å². The minimum absolute atomic E-state index is 0.467. The van der Waals surface area contributed by atoms with E-state index in [2.05, 4.69) is 13.5 Å². The first-order valence-corrected chi connectivity index (χ1v) is 4.98. The van der Waals surface area contributed by atoms with Crippen LogP contribution in [0, 0.1) is 0 Å². The summed E-state index contributed by atoms with van der Waals surface area (Å²) < 4.78 is 0. The molecule has 0 aliphatic rings. The Labute approximate surface area is 81.5 Å². The van der Waals surface area contributed by atoms with Gasteiger partial charge in [-0.1, -0.05) is 51.0 Å². The number of allylic oxidation sites excluding steroid dienone is 5. The summed E-state index contributed by atoms with van der Waals surface area (Å²) >= 11 is 0. The molecule has 0 saturated carbocycles. The first kappa shape index (κ1) is 12.0. The van der Waals surface area contributed by atoms with Crippen molar-refractivity contribution in [3.8, 4) is 0 Å². The van der Waals surface area contributed by atoms with Crippen molar-refractivity contribution in [3.05, 3.63) is 36.6 Å². The van der Waals surface area contributed by atoms with Crippen molar-refractivity contribution >= 4 is 0 Å². The SMILES string of the molecule is C=C/C=C/C=C(\O)CCCCCC. The minimum Gasteiger partial charge on any atom is -0.512 e. The molecule has 0 rings (SSSR count). The molecule has 0 amide bonds. The van der Waals surface area contributed by atoms with Crippen LogP contribution in [0.15, 0.2) is 36.6 Å². The molecule has 1 nitrogen and oxygen atoms in total. The predicted octanol–water partition coefficient (Wildman–Crippen LogP) is 4.14. The van der Waals surface area contributed by atoms with Crippen LogP contribution < -0.4 is 0 Å². The van der Waals surface area contributed by atoms with E-state index >= 15 is 0 Å². The molecule has 0 heterocycles. The summed E-state index contributed by atoms with van der Waals surface area (Å²) in [6.45, 7) is 5.73. The summed E-state index contributed by atoms with van der Waals surface area (Å²) in [5, 5.41) is 9.35. The average molecular weight is 180 g/mol. The molecular formula is C12H20O. The number of hydrogen-bond acceptors (Lipinski definition) is 1. The van der Waals surface area contributed by atoms with Gasteiger partial charge in [0, 0.05) is 6.42 Å². The van der Waals surface area contributed by atoms with Gasteiger partial charge in [0.05, 0.1) is 5.76 Å². The van der Waals surface area contributed by atoms with Gasteiger partial charge < -0.3 is 5.11 Å². The lowest BCUT2D eigenvalue weighted by Gasteiger charge is -1.98. The van der Waals surface area contributed by atoms with Crippen LogP contribution in [-0.2, 0) is 0 Å². The molecule has 0 aromatic carbocycles. The Balaban J connectivity index is 3.48. The van der Waals surface area contributed by atoms with E-state index in [1.807, 2.05) is 12.2 Å². The lowest BCUT2D eigenvalue weighted by Crippen LogP contribution is -1.81. The van der Waals surface area contributed by atoms with Crippen LogP contribution in [0.5, 0.6) is 0 Å². The van der Waals surface area contributed by atoms with Gasteiger partial charge in [0.25, 0.3) is 0 Å². The number of aliphatic hydroxyl groups is 1. The highest BCUT2D eigenvalue weighted by Crippen LogP contribution is 2.07. The first-order chi connectivity index (χ1) is 6.31. The molecule has 0 aliphatic heterocycles. The smallest absolute Gasteiger partial charge is 0.0922 e. The summed E-state index contributed by atoms with van der Waals surface area (Å²) in [6, 6.07) is 0. The molecule has 0 radical (unpaired) electrons. The van der Waals surface area contributed by atoms with Gasteiger partial charge in [0.15, 0.2) is 0 Å². The largest absolute Gasteiger partial charge is 0.512 e. The Morgan fingerprint density at radius 3 is 2.62 bits per heavy atom. The third kappa shape index (κ3) is 8.93. The normalized spacial score (nSPS) is 12.2. The first-order valence-electron chi connectivity index (χ1n) is 4.98. The molecule has 0 spiro atoms. The monoisotopic (exact) mass is 180 g/mol. The van der Waals surface area contributed by atoms with E-state index in [4.69, 9.17) is 0 Å². The van der Waals surface area contributed by atoms with Gasteiger partial charge in [-0.2, -0.15) is 0 Å². The van der Waals surface area contributed by atoms with Gasteiger partial charge >= 0.3 is 0 Å². The highest BCUT2D eigenvalue weighted by molar-refractivity contribution is 5.11. The van der Waals surface area contributed by atoms with E-state index < -0.39 is 0 Å². The molecule has 1 N–H and O–H groups in total. The van der Waals surface area contributed by atoms with Gasteiger partial charge in [0.2, 0.25) is 0 Å². The van der Waals surface area contributed by atoms with E-state index in [-0.39, 0.29) is 0 Å². The molecule has 1 heteroatoms. The summed E-state index contributed by atoms with van der Waals surface area (Å²) in [5.41, 5.74) is 0. The fraction of sp³-hybridized carbons (Fsp3) is 0.500. The fourth-order valence-electron chi connectivity index (χ4n) is 1.06. The Bertz CT molecular complexity index is 178. The maximum Gasteiger partial charge on any atom is 0.0922 e. The second kappa shape index (κ2) is 9.11. The van der Waals surface area contributed by atoms with E-state index in [9.17, 15) is 5.11 Å². The molecule has 74 valence electrons. The topological polar surface area (TPSA) is 20.2 Å². The Morgan fingerprint density at radius 1 is 1.23 bits per heavy atom. The quantitative estimate of drug-likeness (QED) is 0.354. The van der Waals surface area contributed by atoms with Crippen LogP contribution >= 0.6 is 0 Å². The molecule has 0 saturated heterocycles. The molecule has 0 atom stereocenters. The summed E-state index contributed by atoms with van der Waals surface area (Å²) in [6.07, 6.45) is 12.6. The number of rotatable bonds is 7. The van der Waals surface area contributed by atoms with Crippen molar-refractivity contribution in [1.82, 2.24) is 0 Å². The zero-order chi connectivity index (χ0) is 9.94. The molecule has 0 fully saturated rings. The van der Waals surface area contributed by atoms with Crippen molar-refractivity contribution < 1.29 is 5.11 Å². The van der Waals surface area contributed by atoms with E-state index in [1.165, 1.54) is 19.3 Å². The number of hydrogen-bond donors (Lipinski definition) is 1. The zero-order valence-electron chi connectivity index (χ0n) is 8.50. The van der Waals surface area contributed by atoms with Crippen molar-refractivity contribution in [3.63, 3.8) is 0 Å². The van der Waals surface area contributed by atoms with Crippen molar-refractivity contribution in [2.24, 2.45) is 0 Å². The second-order valence-corrected chi connectivity index (χ2v) is 3.09. The van der Waals surface area contributed by atoms with Crippen molar-refractivity contribution in [1.29, 1.82) is 0 Å². The van der Waals surface area contributed by atoms with Gasteiger partial charge in [0.1, 0.15) is 0 Å². The van der Waals surface area contributed by atoms with Crippen LogP contribution in [0.25, 0.3) is 0 Å². The van der Waals surface area contributed by atoms with Crippen LogP contribution in [0.2, 0.25) is 0 Å². The number of unbranched alkanes of at least 4 members (excludes halogenated alkanes) is 3. The third-order valence-electron chi connectivity index (χ3n) is 1.82. The molecule has 0 aromatic heterocycles. The van der Waals surface area contributed by atoms with Crippen LogP contribution in [0.3, 0.4) is 0 Å². The molecule has 13 heavy (non-hydrogen) atoms. The van der Waals surface area contributed by atoms with Gasteiger partial charge in [-0.3, -0.25) is 0 Å². The minimum atomic E-state index is 0.467. The highest BCUT2D eigenvalue weighted by atomic mass is 16.3. The maximum absolute atomic E-state index is 9.35. The summed E-state index contributed by atoms with van der Waals surface area (Å²) in [5.74, 6) is 0.467. The van der Waals surface area contributed by atoms with Crippen LogP contribution in [0.4, 0.5) is 0 Å². The van der Waals surface area contributed by atoms with Gasteiger partial charge in [-0.25, -0.2) is 0 Å². The number of aliphatic hydroxyl groups excluding tert-OH is 1. The molecule has 0 bridgehead atoms. The van der Waals surface area contributed by atoms with Gasteiger partial charge in [-0.15, -0.1) is 0 Å². The Hall–Kier alpha value is -0.980. The van der Waals surface area contributed by atoms with Crippen molar-refractivity contribution in [2.45, 2.75) is 39.0 Å². The summed E-state index contributed by atoms with van der Waals surface area (Å²) in [4.78, 5) is 0. The van der Waals surface area contributed by atoms with E-state index in [1.54, 1.807) is 12.2 Å². The molecule has 0 aliphatic carbocycles. The Morgan fingerprint density at radius 2 is 2.00 bits per heavy atom. The molecular weight excluding hydrogens is 160 g/mol. The van der Waals surface area contributed by atoms with E-state index in [0.717, 1.165) is 12.8 Å². The Kier molecular flexibility index (Phi) is 8.42. The zero-order valence-corrected chi connectivity index (χ0v) is 8.50. The maximum atomic E-state index is 9.35. The highest BCUT2D eigenvalue weighted by Gasteiger charge is 1.91. The standard InChI is InChI=1S/C12H20O/c1-3-5-7-9-11-12(13)10-8-6-4-2/h4,6,8,10,13H,2-3,5,7,9,11H2,1H3/b8-6+,12-10-. The summed E-state index contributed by atoms with van der Waals surface area (Å²) in [7, 11) is 0. The molecule has 0 unspecified atom stereocenters. The van der Waals surface area contributed by atoms with Crippen molar-refractivity contribution in [2.75, 3.05) is 0 Å². The predicted molar refractivity (Wildman–Crippen MR) is 58.8 cm³/mol. The van der Waals surface area contributed by atoms with Gasteiger partial charge in [-0.05, 0) is 12.5 Å². The lowest BCUT2D eigenvalue weighted by molar-refractivity contribution is 0.381. The second-order valence-electron chi connectivity index (χ2n) is 3.09.